The van der Waals surface area contributed by atoms with Crippen LogP contribution in [-0.2, 0) is 19.1 Å². The van der Waals surface area contributed by atoms with Gasteiger partial charge in [-0.25, -0.2) is 19.0 Å². The van der Waals surface area contributed by atoms with Gasteiger partial charge in [-0.15, -0.1) is 0 Å². The van der Waals surface area contributed by atoms with E-state index in [1.807, 2.05) is 0 Å². The topological polar surface area (TPSA) is 183 Å². The Labute approximate surface area is 154 Å². The summed E-state index contributed by atoms with van der Waals surface area (Å²) in [7, 11) is 0. The van der Waals surface area contributed by atoms with Crippen LogP contribution in [0.2, 0.25) is 5.28 Å². The average Bonchev–Trinajstić information content (AvgIpc) is 3.10. The number of nitrogens with two attached hydrogens (primary N) is 1. The van der Waals surface area contributed by atoms with Crippen LogP contribution in [0.1, 0.15) is 6.23 Å². The maximum absolute atomic E-state index is 14.5. The third-order valence-electron chi connectivity index (χ3n) is 3.86. The summed E-state index contributed by atoms with van der Waals surface area (Å²) < 4.78 is 25.8. The van der Waals surface area contributed by atoms with Crippen molar-refractivity contribution in [3.8, 4) is 0 Å². The van der Waals surface area contributed by atoms with Gasteiger partial charge >= 0.3 is 11.9 Å². The molecular formula is C13H13ClFN5O7. The number of ether oxygens (including phenoxy) is 2. The van der Waals surface area contributed by atoms with E-state index >= 15 is 0 Å². The van der Waals surface area contributed by atoms with Crippen LogP contribution >= 0.6 is 11.6 Å². The number of hydrogen-bond donors (Lipinski definition) is 4. The zero-order chi connectivity index (χ0) is 19.9. The predicted molar refractivity (Wildman–Crippen MR) is 84.6 cm³/mol. The highest BCUT2D eigenvalue weighted by Gasteiger charge is 2.46. The maximum atomic E-state index is 14.5. The lowest BCUT2D eigenvalue weighted by Gasteiger charge is -2.17. The molecule has 27 heavy (non-hydrogen) atoms. The molecule has 4 atom stereocenters. The van der Waals surface area contributed by atoms with Crippen molar-refractivity contribution >= 4 is 40.5 Å². The van der Waals surface area contributed by atoms with E-state index in [1.54, 1.807) is 0 Å². The summed E-state index contributed by atoms with van der Waals surface area (Å²) in [6.45, 7) is -0.675. The SMILES string of the molecule is Nc1nc(Cl)nc2c1ncn2[C@@H]1O[C@H](COC(C(=O)O)C(=O)O)[C@@H](O)[C@@H]1F. The minimum absolute atomic E-state index is 0.0386. The Balaban J connectivity index is 1.81. The predicted octanol–water partition coefficient (Wildman–Crippen LogP) is -0.787. The summed E-state index contributed by atoms with van der Waals surface area (Å²) in [5.74, 6) is -3.53. The van der Waals surface area contributed by atoms with Crippen LogP contribution in [0.3, 0.4) is 0 Å². The Morgan fingerprint density at radius 3 is 2.70 bits per heavy atom. The largest absolute Gasteiger partial charge is 0.479 e. The Morgan fingerprint density at radius 2 is 2.07 bits per heavy atom. The van der Waals surface area contributed by atoms with Gasteiger partial charge in [0.05, 0.1) is 12.9 Å². The van der Waals surface area contributed by atoms with Crippen molar-refractivity contribution in [3.63, 3.8) is 0 Å². The molecule has 146 valence electrons. The lowest BCUT2D eigenvalue weighted by Crippen LogP contribution is -2.38. The van der Waals surface area contributed by atoms with Crippen molar-refractivity contribution in [2.45, 2.75) is 30.7 Å². The molecule has 3 heterocycles. The molecular weight excluding hydrogens is 393 g/mol. The number of alkyl halides is 1. The highest BCUT2D eigenvalue weighted by Crippen LogP contribution is 2.34. The van der Waals surface area contributed by atoms with Crippen LogP contribution in [0, 0.1) is 0 Å². The first-order valence-corrected chi connectivity index (χ1v) is 7.79. The fourth-order valence-electron chi connectivity index (χ4n) is 2.60. The Kier molecular flexibility index (Phi) is 5.10. The van der Waals surface area contributed by atoms with Crippen LogP contribution < -0.4 is 5.73 Å². The number of aliphatic hydroxyl groups is 1. The molecule has 12 nitrogen and oxygen atoms in total. The number of carboxylic acid groups (broad SMARTS) is 2. The molecule has 1 aliphatic rings. The molecule has 0 unspecified atom stereocenters. The molecule has 1 fully saturated rings. The van der Waals surface area contributed by atoms with E-state index in [4.69, 9.17) is 37.0 Å². The van der Waals surface area contributed by atoms with Gasteiger partial charge in [-0.05, 0) is 11.6 Å². The second-order valence-electron chi connectivity index (χ2n) is 5.59. The molecule has 0 bridgehead atoms. The molecule has 2 aromatic heterocycles. The monoisotopic (exact) mass is 405 g/mol. The van der Waals surface area contributed by atoms with E-state index in [9.17, 15) is 19.1 Å². The van der Waals surface area contributed by atoms with Crippen LogP contribution in [0.25, 0.3) is 11.2 Å². The number of nitrogen functional groups attached to an aromatic ring is 1. The van der Waals surface area contributed by atoms with Crippen LogP contribution in [-0.4, -0.2) is 77.9 Å². The standard InChI is InChI=1S/C13H13ClFN5O7/c14-13-18-8(16)5-9(19-13)20(2-17-5)10-4(15)6(21)3(27-10)1-26-7(11(22)23)12(24)25/h2-4,6-7,10,21H,1H2,(H,22,23)(H,24,25)(H2,16,18,19)/t3-,4+,6-,10-/m1/s1. The Morgan fingerprint density at radius 1 is 1.41 bits per heavy atom. The highest BCUT2D eigenvalue weighted by molar-refractivity contribution is 6.28. The molecule has 2 aromatic rings. The first-order chi connectivity index (χ1) is 12.7. The first kappa shape index (κ1) is 19.2. The van der Waals surface area contributed by atoms with Gasteiger partial charge in [0.1, 0.15) is 17.7 Å². The lowest BCUT2D eigenvalue weighted by molar-refractivity contribution is -0.170. The van der Waals surface area contributed by atoms with E-state index in [0.717, 1.165) is 10.9 Å². The van der Waals surface area contributed by atoms with E-state index in [-0.39, 0.29) is 22.3 Å². The molecule has 0 spiro atoms. The van der Waals surface area contributed by atoms with E-state index in [0.29, 0.717) is 0 Å². The number of carbonyl (C=O) groups is 2. The van der Waals surface area contributed by atoms with Crippen molar-refractivity contribution in [2.24, 2.45) is 0 Å². The number of fused-ring (bicyclic) bond motifs is 1. The minimum atomic E-state index is -2.18. The fraction of sp³-hybridized carbons (Fsp3) is 0.462. The second-order valence-corrected chi connectivity index (χ2v) is 5.93. The van der Waals surface area contributed by atoms with Crippen molar-refractivity contribution in [3.05, 3.63) is 11.6 Å². The molecule has 0 aliphatic carbocycles. The summed E-state index contributed by atoms with van der Waals surface area (Å²) in [5, 5.41) is 27.3. The van der Waals surface area contributed by atoms with Gasteiger partial charge in [-0.3, -0.25) is 4.57 Å². The van der Waals surface area contributed by atoms with Gasteiger partial charge in [0.25, 0.3) is 6.10 Å². The molecule has 0 amide bonds. The molecule has 3 rings (SSSR count). The normalized spacial score (nSPS) is 25.3. The number of rotatable bonds is 6. The van der Waals surface area contributed by atoms with Crippen molar-refractivity contribution in [1.29, 1.82) is 0 Å². The summed E-state index contributed by atoms with van der Waals surface area (Å²) in [6, 6.07) is 0. The number of halogens is 2. The number of aromatic nitrogens is 4. The Bertz CT molecular complexity index is 881. The van der Waals surface area contributed by atoms with Crippen molar-refractivity contribution in [2.75, 3.05) is 12.3 Å². The number of nitrogens with zero attached hydrogens (tertiary/aromatic N) is 4. The zero-order valence-corrected chi connectivity index (χ0v) is 14.0. The number of aliphatic carboxylic acids is 2. The number of carboxylic acids is 2. The number of anilines is 1. The molecule has 1 saturated heterocycles. The number of aliphatic hydroxyl groups excluding tert-OH is 1. The van der Waals surface area contributed by atoms with Crippen molar-refractivity contribution < 1.29 is 38.8 Å². The molecule has 0 aromatic carbocycles. The Hall–Kier alpha value is -2.61. The number of hydrogen-bond acceptors (Lipinski definition) is 9. The van der Waals surface area contributed by atoms with Gasteiger partial charge in [0.2, 0.25) is 5.28 Å². The summed E-state index contributed by atoms with van der Waals surface area (Å²) in [6.07, 6.45) is -7.45. The molecule has 5 N–H and O–H groups in total. The highest BCUT2D eigenvalue weighted by atomic mass is 35.5. The van der Waals surface area contributed by atoms with Gasteiger partial charge in [0.15, 0.2) is 23.9 Å². The third-order valence-corrected chi connectivity index (χ3v) is 4.03. The van der Waals surface area contributed by atoms with Gasteiger partial charge < -0.3 is 30.5 Å². The van der Waals surface area contributed by atoms with Gasteiger partial charge in [0, 0.05) is 0 Å². The quantitative estimate of drug-likeness (QED) is 0.349. The lowest BCUT2D eigenvalue weighted by atomic mass is 10.1. The zero-order valence-electron chi connectivity index (χ0n) is 13.3. The third kappa shape index (κ3) is 3.49. The molecule has 0 saturated carbocycles. The van der Waals surface area contributed by atoms with Gasteiger partial charge in [-0.1, -0.05) is 0 Å². The summed E-state index contributed by atoms with van der Waals surface area (Å²) >= 11 is 5.74. The average molecular weight is 406 g/mol. The molecule has 1 aliphatic heterocycles. The van der Waals surface area contributed by atoms with Crippen molar-refractivity contribution in [1.82, 2.24) is 19.5 Å². The molecule has 14 heteroatoms. The van der Waals surface area contributed by atoms with Crippen LogP contribution in [0.4, 0.5) is 10.2 Å². The summed E-state index contributed by atoms with van der Waals surface area (Å²) in [4.78, 5) is 33.2. The van der Waals surface area contributed by atoms with E-state index in [1.165, 1.54) is 0 Å². The number of imidazole rings is 1. The van der Waals surface area contributed by atoms with Crippen LogP contribution in [0.5, 0.6) is 0 Å². The molecule has 0 radical (unpaired) electrons. The maximum Gasteiger partial charge on any atom is 0.344 e. The van der Waals surface area contributed by atoms with E-state index < -0.39 is 49.3 Å². The minimum Gasteiger partial charge on any atom is -0.479 e. The first-order valence-electron chi connectivity index (χ1n) is 7.41. The van der Waals surface area contributed by atoms with Crippen LogP contribution in [0.15, 0.2) is 6.33 Å². The fourth-order valence-corrected chi connectivity index (χ4v) is 2.77. The van der Waals surface area contributed by atoms with Gasteiger partial charge in [-0.2, -0.15) is 9.97 Å². The second kappa shape index (κ2) is 7.19. The van der Waals surface area contributed by atoms with E-state index in [2.05, 4.69) is 15.0 Å². The summed E-state index contributed by atoms with van der Waals surface area (Å²) in [5.41, 5.74) is 5.87. The smallest absolute Gasteiger partial charge is 0.344 e.